The van der Waals surface area contributed by atoms with Crippen LogP contribution in [0.25, 0.3) is 0 Å². The molecule has 0 nitrogen and oxygen atoms in total. The van der Waals surface area contributed by atoms with Crippen molar-refractivity contribution < 1.29 is 4.39 Å². The van der Waals surface area contributed by atoms with Crippen molar-refractivity contribution in [3.05, 3.63) is 34.6 Å². The zero-order chi connectivity index (χ0) is 11.3. The van der Waals surface area contributed by atoms with E-state index in [-0.39, 0.29) is 5.82 Å². The van der Waals surface area contributed by atoms with Crippen LogP contribution in [0.5, 0.6) is 0 Å². The van der Waals surface area contributed by atoms with Crippen molar-refractivity contribution in [2.45, 2.75) is 37.4 Å². The van der Waals surface area contributed by atoms with Crippen LogP contribution in [0.2, 0.25) is 5.02 Å². The van der Waals surface area contributed by atoms with E-state index in [1.807, 2.05) is 0 Å². The minimum absolute atomic E-state index is 0.208. The van der Waals surface area contributed by atoms with Crippen LogP contribution in [-0.2, 0) is 6.42 Å². The monoisotopic (exact) mass is 292 g/mol. The normalized spacial score (nSPS) is 12.8. The zero-order valence-corrected chi connectivity index (χ0v) is 11.1. The van der Waals surface area contributed by atoms with E-state index in [1.54, 1.807) is 6.07 Å². The first-order valence-electron chi connectivity index (χ1n) is 5.21. The van der Waals surface area contributed by atoms with E-state index < -0.39 is 0 Å². The molecule has 1 rings (SSSR count). The van der Waals surface area contributed by atoms with Crippen molar-refractivity contribution >= 4 is 27.5 Å². The molecule has 0 spiro atoms. The lowest BCUT2D eigenvalue weighted by Gasteiger charge is -2.07. The SMILES string of the molecule is CCC(Br)CCCc1cc(F)ccc1Cl. The first kappa shape index (κ1) is 13.0. The molecule has 0 fully saturated rings. The molecule has 0 saturated heterocycles. The first-order chi connectivity index (χ1) is 7.13. The first-order valence-corrected chi connectivity index (χ1v) is 6.51. The molecule has 15 heavy (non-hydrogen) atoms. The molecule has 0 aliphatic rings. The lowest BCUT2D eigenvalue weighted by Crippen LogP contribution is -1.97. The van der Waals surface area contributed by atoms with Gasteiger partial charge in [-0.05, 0) is 49.4 Å². The van der Waals surface area contributed by atoms with E-state index in [1.165, 1.54) is 12.1 Å². The minimum Gasteiger partial charge on any atom is -0.207 e. The third-order valence-corrected chi connectivity index (χ3v) is 3.89. The predicted molar refractivity (Wildman–Crippen MR) is 67.4 cm³/mol. The third kappa shape index (κ3) is 4.52. The van der Waals surface area contributed by atoms with Crippen LogP contribution < -0.4 is 0 Å². The standard InChI is InChI=1S/C12H15BrClF/c1-2-10(13)5-3-4-9-8-11(15)6-7-12(9)14/h6-8,10H,2-5H2,1H3. The molecule has 0 heterocycles. The highest BCUT2D eigenvalue weighted by atomic mass is 79.9. The summed E-state index contributed by atoms with van der Waals surface area (Å²) in [6.07, 6.45) is 4.10. The average molecular weight is 294 g/mol. The van der Waals surface area contributed by atoms with Gasteiger partial charge in [0.05, 0.1) is 0 Å². The van der Waals surface area contributed by atoms with Gasteiger partial charge >= 0.3 is 0 Å². The van der Waals surface area contributed by atoms with Crippen molar-refractivity contribution in [1.82, 2.24) is 0 Å². The van der Waals surface area contributed by atoms with Crippen molar-refractivity contribution in [2.24, 2.45) is 0 Å². The van der Waals surface area contributed by atoms with Gasteiger partial charge in [0.25, 0.3) is 0 Å². The second-order valence-corrected chi connectivity index (χ2v) is 5.34. The lowest BCUT2D eigenvalue weighted by molar-refractivity contribution is 0.622. The Balaban J connectivity index is 2.46. The number of alkyl halides is 1. The molecule has 1 aromatic rings. The van der Waals surface area contributed by atoms with Gasteiger partial charge in [-0.1, -0.05) is 34.5 Å². The highest BCUT2D eigenvalue weighted by Crippen LogP contribution is 2.21. The van der Waals surface area contributed by atoms with Crippen molar-refractivity contribution in [3.8, 4) is 0 Å². The molecule has 0 aromatic heterocycles. The number of halogens is 3. The molecule has 1 unspecified atom stereocenters. The van der Waals surface area contributed by atoms with E-state index in [0.717, 1.165) is 31.2 Å². The second-order valence-electron chi connectivity index (χ2n) is 3.63. The smallest absolute Gasteiger partial charge is 0.123 e. The number of rotatable bonds is 5. The highest BCUT2D eigenvalue weighted by Gasteiger charge is 2.04. The largest absolute Gasteiger partial charge is 0.207 e. The molecule has 0 bridgehead atoms. The zero-order valence-electron chi connectivity index (χ0n) is 8.77. The van der Waals surface area contributed by atoms with Gasteiger partial charge in [-0.25, -0.2) is 4.39 Å². The molecule has 0 aliphatic carbocycles. The molecule has 0 radical (unpaired) electrons. The van der Waals surface area contributed by atoms with E-state index in [0.29, 0.717) is 9.85 Å². The fourth-order valence-corrected chi connectivity index (χ4v) is 1.99. The Hall–Kier alpha value is -0.0800. The predicted octanol–water partition coefficient (Wildman–Crippen LogP) is 4.98. The summed E-state index contributed by atoms with van der Waals surface area (Å²) in [6.45, 7) is 2.15. The maximum absolute atomic E-state index is 12.9. The Kier molecular flexibility index (Phi) is 5.62. The van der Waals surface area contributed by atoms with E-state index >= 15 is 0 Å². The van der Waals surface area contributed by atoms with Crippen LogP contribution in [0.1, 0.15) is 31.7 Å². The summed E-state index contributed by atoms with van der Waals surface area (Å²) >= 11 is 9.54. The van der Waals surface area contributed by atoms with Gasteiger partial charge in [-0.3, -0.25) is 0 Å². The summed E-state index contributed by atoms with van der Waals surface area (Å²) in [4.78, 5) is 0.560. The van der Waals surface area contributed by atoms with E-state index in [2.05, 4.69) is 22.9 Å². The van der Waals surface area contributed by atoms with Gasteiger partial charge in [0.15, 0.2) is 0 Å². The minimum atomic E-state index is -0.208. The van der Waals surface area contributed by atoms with Gasteiger partial charge < -0.3 is 0 Å². The van der Waals surface area contributed by atoms with Crippen LogP contribution >= 0.6 is 27.5 Å². The molecular weight excluding hydrogens is 278 g/mol. The van der Waals surface area contributed by atoms with Crippen LogP contribution in [0.15, 0.2) is 18.2 Å². The van der Waals surface area contributed by atoms with Gasteiger partial charge in [0.1, 0.15) is 5.82 Å². The fraction of sp³-hybridized carbons (Fsp3) is 0.500. The Morgan fingerprint density at radius 1 is 1.47 bits per heavy atom. The highest BCUT2D eigenvalue weighted by molar-refractivity contribution is 9.09. The molecular formula is C12H15BrClF. The summed E-state index contributed by atoms with van der Waals surface area (Å²) in [5.74, 6) is -0.208. The van der Waals surface area contributed by atoms with Gasteiger partial charge in [-0.2, -0.15) is 0 Å². The maximum Gasteiger partial charge on any atom is 0.123 e. The quantitative estimate of drug-likeness (QED) is 0.672. The number of hydrogen-bond acceptors (Lipinski definition) is 0. The summed E-state index contributed by atoms with van der Waals surface area (Å²) in [7, 11) is 0. The fourth-order valence-electron chi connectivity index (χ4n) is 1.45. The Morgan fingerprint density at radius 3 is 2.87 bits per heavy atom. The molecule has 84 valence electrons. The van der Waals surface area contributed by atoms with Gasteiger partial charge in [0.2, 0.25) is 0 Å². The van der Waals surface area contributed by atoms with Gasteiger partial charge in [0, 0.05) is 9.85 Å². The average Bonchev–Trinajstić information content (AvgIpc) is 2.23. The summed E-state index contributed by atoms with van der Waals surface area (Å²) in [6, 6.07) is 4.54. The third-order valence-electron chi connectivity index (χ3n) is 2.41. The Bertz CT molecular complexity index is 314. The van der Waals surface area contributed by atoms with Crippen molar-refractivity contribution in [2.75, 3.05) is 0 Å². The Morgan fingerprint density at radius 2 is 2.20 bits per heavy atom. The van der Waals surface area contributed by atoms with E-state index in [9.17, 15) is 4.39 Å². The van der Waals surface area contributed by atoms with Crippen LogP contribution in [-0.4, -0.2) is 4.83 Å². The summed E-state index contributed by atoms with van der Waals surface area (Å²) < 4.78 is 12.9. The second kappa shape index (κ2) is 6.49. The molecule has 0 saturated carbocycles. The molecule has 1 aromatic carbocycles. The van der Waals surface area contributed by atoms with Gasteiger partial charge in [-0.15, -0.1) is 0 Å². The Labute approximate surface area is 104 Å². The molecule has 1 atom stereocenters. The number of aryl methyl sites for hydroxylation is 1. The van der Waals surface area contributed by atoms with Crippen molar-refractivity contribution in [3.63, 3.8) is 0 Å². The molecule has 0 N–H and O–H groups in total. The maximum atomic E-state index is 12.9. The van der Waals surface area contributed by atoms with Crippen LogP contribution in [0.3, 0.4) is 0 Å². The molecule has 3 heteroatoms. The molecule has 0 aliphatic heterocycles. The summed E-state index contributed by atoms with van der Waals surface area (Å²) in [5, 5.41) is 0.666. The number of hydrogen-bond donors (Lipinski definition) is 0. The topological polar surface area (TPSA) is 0 Å². The summed E-state index contributed by atoms with van der Waals surface area (Å²) in [5.41, 5.74) is 0.910. The number of benzene rings is 1. The lowest BCUT2D eigenvalue weighted by atomic mass is 10.1. The molecule has 0 amide bonds. The van der Waals surface area contributed by atoms with Crippen LogP contribution in [0, 0.1) is 5.82 Å². The van der Waals surface area contributed by atoms with Crippen LogP contribution in [0.4, 0.5) is 4.39 Å². The van der Waals surface area contributed by atoms with E-state index in [4.69, 9.17) is 11.6 Å². The van der Waals surface area contributed by atoms with Crippen molar-refractivity contribution in [1.29, 1.82) is 0 Å².